The summed E-state index contributed by atoms with van der Waals surface area (Å²) in [5.74, 6) is 2.49. The number of benzene rings is 1. The summed E-state index contributed by atoms with van der Waals surface area (Å²) >= 11 is 0. The van der Waals surface area contributed by atoms with Gasteiger partial charge in [0.2, 0.25) is 0 Å². The van der Waals surface area contributed by atoms with E-state index in [1.54, 1.807) is 13.3 Å². The van der Waals surface area contributed by atoms with Crippen molar-refractivity contribution in [2.24, 2.45) is 0 Å². The maximum Gasteiger partial charge on any atom is 0.194 e. The highest BCUT2D eigenvalue weighted by atomic mass is 19.1. The van der Waals surface area contributed by atoms with Crippen LogP contribution in [0.5, 0.6) is 5.75 Å². The number of unbranched alkanes of at least 4 members (excludes halogenated alkanes) is 3. The second-order valence-corrected chi connectivity index (χ2v) is 11.3. The van der Waals surface area contributed by atoms with E-state index in [2.05, 4.69) is 20.9 Å². The largest absolute Gasteiger partial charge is 0.496 e. The first kappa shape index (κ1) is 33.1. The van der Waals surface area contributed by atoms with Crippen molar-refractivity contribution in [3.63, 3.8) is 0 Å². The molecule has 10 heteroatoms. The Labute approximate surface area is 248 Å². The van der Waals surface area contributed by atoms with Crippen LogP contribution in [0.2, 0.25) is 0 Å². The summed E-state index contributed by atoms with van der Waals surface area (Å²) in [5.41, 5.74) is 0.794. The smallest absolute Gasteiger partial charge is 0.194 e. The zero-order chi connectivity index (χ0) is 30.7. The Bertz CT molecular complexity index is 1320. The van der Waals surface area contributed by atoms with Crippen LogP contribution < -0.4 is 9.64 Å². The third-order valence-corrected chi connectivity index (χ3v) is 7.67. The van der Waals surface area contributed by atoms with E-state index in [1.807, 2.05) is 51.2 Å². The number of hydrogen-bond donors (Lipinski definition) is 2. The zero-order valence-electron chi connectivity index (χ0n) is 25.7. The summed E-state index contributed by atoms with van der Waals surface area (Å²) in [6.07, 6.45) is 9.04. The number of anilines is 1. The lowest BCUT2D eigenvalue weighted by atomic mass is 9.89. The number of ketones is 1. The molecule has 0 bridgehead atoms. The predicted octanol–water partition coefficient (Wildman–Crippen LogP) is 6.22. The highest BCUT2D eigenvalue weighted by Gasteiger charge is 2.32. The first-order valence-electron chi connectivity index (χ1n) is 14.8. The fourth-order valence-corrected chi connectivity index (χ4v) is 4.93. The number of aromatic nitrogens is 2. The number of likely N-dealkylation sites (tertiary alicyclic amines) is 1. The van der Waals surface area contributed by atoms with E-state index in [4.69, 9.17) is 14.6 Å². The molecular formula is C32H46FN5O4. The first-order chi connectivity index (χ1) is 20.0. The highest BCUT2D eigenvalue weighted by molar-refractivity contribution is 5.88. The van der Waals surface area contributed by atoms with E-state index in [-0.39, 0.29) is 6.42 Å². The van der Waals surface area contributed by atoms with Gasteiger partial charge in [-0.05, 0) is 50.9 Å². The van der Waals surface area contributed by atoms with Crippen LogP contribution in [-0.4, -0.2) is 78.7 Å². The molecule has 2 aromatic heterocycles. The molecule has 1 aromatic carbocycles. The van der Waals surface area contributed by atoms with Gasteiger partial charge in [0.1, 0.15) is 17.4 Å². The van der Waals surface area contributed by atoms with Gasteiger partial charge in [-0.1, -0.05) is 19.8 Å². The summed E-state index contributed by atoms with van der Waals surface area (Å²) in [6, 6.07) is 8.03. The number of piperidine rings is 1. The molecule has 0 aliphatic carbocycles. The van der Waals surface area contributed by atoms with Gasteiger partial charge in [-0.15, -0.1) is 0 Å². The van der Waals surface area contributed by atoms with E-state index < -0.39 is 11.6 Å². The minimum atomic E-state index is -0.960. The molecule has 0 amide bonds. The van der Waals surface area contributed by atoms with E-state index >= 15 is 0 Å². The van der Waals surface area contributed by atoms with Crippen molar-refractivity contribution in [3.8, 4) is 17.1 Å². The summed E-state index contributed by atoms with van der Waals surface area (Å²) < 4.78 is 23.9. The van der Waals surface area contributed by atoms with Gasteiger partial charge < -0.3 is 24.1 Å². The van der Waals surface area contributed by atoms with Crippen molar-refractivity contribution in [3.05, 3.63) is 36.4 Å². The predicted molar refractivity (Wildman–Crippen MR) is 165 cm³/mol. The topological polar surface area (TPSA) is 116 Å². The fourth-order valence-electron chi connectivity index (χ4n) is 4.93. The maximum atomic E-state index is 12.2. The number of Topliss-reactive ketones (excluding diaryl/α,β-unsaturated/α-hetero) is 1. The molecule has 3 heterocycles. The number of halogens is 1. The molecular weight excluding hydrogens is 537 g/mol. The molecule has 3 aromatic rings. The number of methoxy groups -OCH3 is 1. The molecule has 0 radical (unpaired) electrons. The Hall–Kier alpha value is -3.37. The number of aliphatic hydroxyl groups is 1. The molecule has 4 rings (SSSR count). The average molecular weight is 584 g/mol. The molecule has 42 heavy (non-hydrogen) atoms. The standard InChI is InChI=1S/C24H31N3O3.C8H15FN2O/c1-5-18(28)10-8-6-7-9-11-24-25-16-22(30-24)19-14-17-12-13-23(27(2)3)26-20(17)15-21(19)29-4;1-11-4-2-8(12,3-5-11)6-7(9)10/h12-16H,5-11H2,1-4H3;10,12H,2-6H2,1H3. The van der Waals surface area contributed by atoms with Crippen LogP contribution in [-0.2, 0) is 11.2 Å². The lowest BCUT2D eigenvalue weighted by Crippen LogP contribution is -2.43. The second kappa shape index (κ2) is 15.7. The molecule has 0 spiro atoms. The van der Waals surface area contributed by atoms with Gasteiger partial charge in [-0.2, -0.15) is 4.39 Å². The number of carbonyl (C=O) groups is 1. The van der Waals surface area contributed by atoms with Crippen molar-refractivity contribution in [2.75, 3.05) is 46.2 Å². The number of fused-ring (bicyclic) bond motifs is 1. The molecule has 1 aliphatic heterocycles. The number of rotatable bonds is 13. The van der Waals surface area contributed by atoms with E-state index in [9.17, 15) is 14.3 Å². The van der Waals surface area contributed by atoms with Gasteiger partial charge in [0, 0.05) is 64.3 Å². The Morgan fingerprint density at radius 2 is 1.90 bits per heavy atom. The lowest BCUT2D eigenvalue weighted by Gasteiger charge is -2.35. The van der Waals surface area contributed by atoms with E-state index in [0.717, 1.165) is 73.4 Å². The molecule has 1 saturated heterocycles. The highest BCUT2D eigenvalue weighted by Crippen LogP contribution is 2.35. The normalized spacial score (nSPS) is 14.7. The quantitative estimate of drug-likeness (QED) is 0.180. The molecule has 0 atom stereocenters. The number of nitrogens with zero attached hydrogens (tertiary/aromatic N) is 4. The maximum absolute atomic E-state index is 12.2. The summed E-state index contributed by atoms with van der Waals surface area (Å²) in [4.78, 5) is 24.5. The van der Waals surface area contributed by atoms with Gasteiger partial charge in [0.25, 0.3) is 0 Å². The monoisotopic (exact) mass is 583 g/mol. The number of hydrogen-bond acceptors (Lipinski definition) is 9. The molecule has 230 valence electrons. The summed E-state index contributed by atoms with van der Waals surface area (Å²) in [6.45, 7) is 3.48. The van der Waals surface area contributed by atoms with E-state index in [1.165, 1.54) is 0 Å². The van der Waals surface area contributed by atoms with Crippen molar-refractivity contribution in [1.29, 1.82) is 5.41 Å². The van der Waals surface area contributed by atoms with Crippen LogP contribution in [0.1, 0.15) is 70.6 Å². The molecule has 1 aliphatic rings. The van der Waals surface area contributed by atoms with Crippen molar-refractivity contribution < 1.29 is 23.4 Å². The molecule has 1 fully saturated rings. The third kappa shape index (κ3) is 9.87. The number of pyridine rings is 1. The van der Waals surface area contributed by atoms with Crippen LogP contribution >= 0.6 is 0 Å². The van der Waals surface area contributed by atoms with Crippen LogP contribution in [0.3, 0.4) is 0 Å². The lowest BCUT2D eigenvalue weighted by molar-refractivity contribution is -0.118. The fraction of sp³-hybridized carbons (Fsp3) is 0.562. The van der Waals surface area contributed by atoms with Crippen molar-refractivity contribution in [2.45, 2.75) is 76.7 Å². The Kier molecular flexibility index (Phi) is 12.4. The third-order valence-electron chi connectivity index (χ3n) is 7.67. The van der Waals surface area contributed by atoms with Crippen molar-refractivity contribution >= 4 is 28.5 Å². The number of ether oxygens (including phenoxy) is 1. The molecule has 2 N–H and O–H groups in total. The number of nitrogens with one attached hydrogen (secondary N) is 1. The number of oxazole rings is 1. The summed E-state index contributed by atoms with van der Waals surface area (Å²) in [5, 5.41) is 17.4. The van der Waals surface area contributed by atoms with Crippen LogP contribution in [0, 0.1) is 5.41 Å². The van der Waals surface area contributed by atoms with Gasteiger partial charge in [-0.25, -0.2) is 9.97 Å². The minimum absolute atomic E-state index is 0.124. The second-order valence-electron chi connectivity index (χ2n) is 11.3. The zero-order valence-corrected chi connectivity index (χ0v) is 25.7. The molecule has 9 nitrogen and oxygen atoms in total. The van der Waals surface area contributed by atoms with Gasteiger partial charge in [0.05, 0.1) is 30.0 Å². The van der Waals surface area contributed by atoms with Gasteiger partial charge in [0.15, 0.2) is 17.6 Å². The van der Waals surface area contributed by atoms with Crippen LogP contribution in [0.25, 0.3) is 22.2 Å². The van der Waals surface area contributed by atoms with Gasteiger partial charge >= 0.3 is 0 Å². The van der Waals surface area contributed by atoms with Crippen molar-refractivity contribution in [1.82, 2.24) is 14.9 Å². The summed E-state index contributed by atoms with van der Waals surface area (Å²) in [7, 11) is 7.57. The number of aryl methyl sites for hydroxylation is 1. The minimum Gasteiger partial charge on any atom is -0.496 e. The van der Waals surface area contributed by atoms with Crippen LogP contribution in [0.4, 0.5) is 10.2 Å². The average Bonchev–Trinajstić information content (AvgIpc) is 3.44. The Morgan fingerprint density at radius 1 is 1.19 bits per heavy atom. The Morgan fingerprint density at radius 3 is 2.55 bits per heavy atom. The SMILES string of the molecule is CCC(=O)CCCCCCc1ncc(-c2cc3ccc(N(C)C)nc3cc2OC)o1.CN1CCC(O)(CC(=N)F)CC1. The Balaban J connectivity index is 0.000000337. The first-order valence-corrected chi connectivity index (χ1v) is 14.8. The van der Waals surface area contributed by atoms with Crippen LogP contribution in [0.15, 0.2) is 34.9 Å². The number of carbonyl (C=O) groups excluding carboxylic acids is 1. The molecule has 0 unspecified atom stereocenters. The van der Waals surface area contributed by atoms with Gasteiger partial charge in [-0.3, -0.25) is 10.2 Å². The molecule has 0 saturated carbocycles. The van der Waals surface area contributed by atoms with E-state index in [0.29, 0.717) is 43.0 Å².